The van der Waals surface area contributed by atoms with Crippen molar-refractivity contribution in [2.75, 3.05) is 5.32 Å². The Morgan fingerprint density at radius 2 is 1.86 bits per heavy atom. The maximum Gasteiger partial charge on any atom is 0.255 e. The Morgan fingerprint density at radius 3 is 2.46 bits per heavy atom. The van der Waals surface area contributed by atoms with E-state index in [1.54, 1.807) is 6.07 Å². The Labute approximate surface area is 165 Å². The summed E-state index contributed by atoms with van der Waals surface area (Å²) < 4.78 is 13.5. The number of hydrogen-bond donors (Lipinski definition) is 2. The fourth-order valence-corrected chi connectivity index (χ4v) is 3.10. The van der Waals surface area contributed by atoms with Gasteiger partial charge >= 0.3 is 0 Å². The fraction of sp³-hybridized carbons (Fsp3) is 0.304. The van der Waals surface area contributed by atoms with Crippen LogP contribution >= 0.6 is 0 Å². The number of halogens is 1. The number of benzene rings is 2. The number of aromatic amines is 1. The van der Waals surface area contributed by atoms with Crippen LogP contribution in [-0.4, -0.2) is 16.1 Å². The highest BCUT2D eigenvalue weighted by molar-refractivity contribution is 6.06. The molecule has 4 nitrogen and oxygen atoms in total. The van der Waals surface area contributed by atoms with E-state index in [9.17, 15) is 9.18 Å². The van der Waals surface area contributed by atoms with Crippen LogP contribution < -0.4 is 5.32 Å². The molecule has 2 aromatic carbocycles. The number of nitrogens with one attached hydrogen (secondary N) is 2. The van der Waals surface area contributed by atoms with Crippen molar-refractivity contribution in [1.82, 2.24) is 10.2 Å². The fourth-order valence-electron chi connectivity index (χ4n) is 3.10. The number of aromatic nitrogens is 2. The second-order valence-electron chi connectivity index (χ2n) is 7.97. The Kier molecular flexibility index (Phi) is 5.63. The molecule has 1 amide bonds. The summed E-state index contributed by atoms with van der Waals surface area (Å²) in [6, 6.07) is 13.9. The first-order valence-electron chi connectivity index (χ1n) is 9.54. The highest BCUT2D eigenvalue weighted by atomic mass is 19.1. The molecule has 28 heavy (non-hydrogen) atoms. The maximum atomic E-state index is 13.5. The molecular weight excluding hydrogens is 353 g/mol. The van der Waals surface area contributed by atoms with E-state index < -0.39 is 5.82 Å². The Balaban J connectivity index is 1.96. The van der Waals surface area contributed by atoms with E-state index in [-0.39, 0.29) is 16.9 Å². The number of rotatable bonds is 5. The normalized spacial score (nSPS) is 11.5. The highest BCUT2D eigenvalue weighted by Gasteiger charge is 2.19. The number of anilines is 1. The summed E-state index contributed by atoms with van der Waals surface area (Å²) in [5.41, 5.74) is 4.69. The summed E-state index contributed by atoms with van der Waals surface area (Å²) in [6.45, 7) is 8.57. The van der Waals surface area contributed by atoms with Gasteiger partial charge in [-0.3, -0.25) is 9.89 Å². The monoisotopic (exact) mass is 379 g/mol. The zero-order valence-corrected chi connectivity index (χ0v) is 16.8. The Morgan fingerprint density at radius 1 is 1.14 bits per heavy atom. The van der Waals surface area contributed by atoms with E-state index >= 15 is 0 Å². The van der Waals surface area contributed by atoms with Crippen LogP contribution in [0.4, 0.5) is 10.1 Å². The third-order valence-corrected chi connectivity index (χ3v) is 4.69. The number of aryl methyl sites for hydroxylation is 1. The zero-order valence-electron chi connectivity index (χ0n) is 16.8. The molecule has 0 saturated heterocycles. The molecule has 0 bridgehead atoms. The van der Waals surface area contributed by atoms with E-state index in [1.165, 1.54) is 23.8 Å². The van der Waals surface area contributed by atoms with Crippen molar-refractivity contribution < 1.29 is 9.18 Å². The number of H-pyrrole nitrogens is 1. The lowest BCUT2D eigenvalue weighted by Gasteiger charge is -2.19. The first-order chi connectivity index (χ1) is 13.3. The number of amides is 1. The molecule has 1 aromatic heterocycles. The number of carbonyl (C=O) groups is 1. The third-order valence-electron chi connectivity index (χ3n) is 4.69. The Hall–Kier alpha value is -2.95. The summed E-state index contributed by atoms with van der Waals surface area (Å²) in [5, 5.41) is 10.4. The van der Waals surface area contributed by atoms with Gasteiger partial charge in [0.05, 0.1) is 11.4 Å². The van der Waals surface area contributed by atoms with Gasteiger partial charge in [-0.1, -0.05) is 64.4 Å². The number of hydrogen-bond acceptors (Lipinski definition) is 2. The van der Waals surface area contributed by atoms with Crippen molar-refractivity contribution in [3.05, 3.63) is 71.2 Å². The SMILES string of the molecule is CCCc1[nH]nc(-c2ccc(C(C)(C)C)cc2)c1NC(=O)c1cccc(F)c1. The molecule has 3 rings (SSSR count). The van der Waals surface area contributed by atoms with Gasteiger partial charge in [0, 0.05) is 11.1 Å². The molecule has 0 aliphatic heterocycles. The van der Waals surface area contributed by atoms with Crippen LogP contribution in [0.5, 0.6) is 0 Å². The van der Waals surface area contributed by atoms with Crippen LogP contribution in [-0.2, 0) is 11.8 Å². The summed E-state index contributed by atoms with van der Waals surface area (Å²) in [6.07, 6.45) is 1.67. The lowest BCUT2D eigenvalue weighted by molar-refractivity contribution is 0.102. The van der Waals surface area contributed by atoms with E-state index in [0.29, 0.717) is 11.4 Å². The predicted octanol–water partition coefficient (Wildman–Crippen LogP) is 5.72. The van der Waals surface area contributed by atoms with Crippen LogP contribution in [0.3, 0.4) is 0 Å². The van der Waals surface area contributed by atoms with E-state index in [2.05, 4.69) is 55.3 Å². The van der Waals surface area contributed by atoms with Crippen molar-refractivity contribution in [3.63, 3.8) is 0 Å². The summed E-state index contributed by atoms with van der Waals surface area (Å²) in [4.78, 5) is 12.7. The molecule has 2 N–H and O–H groups in total. The standard InChI is InChI=1S/C23H26FN3O/c1-5-7-19-21(25-22(28)16-8-6-9-18(24)14-16)20(27-26-19)15-10-12-17(13-11-15)23(2,3)4/h6,8-14H,5,7H2,1-4H3,(H,25,28)(H,26,27). The minimum Gasteiger partial charge on any atom is -0.319 e. The molecular formula is C23H26FN3O. The smallest absolute Gasteiger partial charge is 0.255 e. The van der Waals surface area contributed by atoms with Gasteiger partial charge in [-0.2, -0.15) is 5.10 Å². The molecule has 0 saturated carbocycles. The molecule has 0 atom stereocenters. The van der Waals surface area contributed by atoms with Crippen molar-refractivity contribution in [1.29, 1.82) is 0 Å². The zero-order chi connectivity index (χ0) is 20.3. The topological polar surface area (TPSA) is 57.8 Å². The molecule has 0 fully saturated rings. The number of carbonyl (C=O) groups excluding carboxylic acids is 1. The average molecular weight is 379 g/mol. The molecule has 146 valence electrons. The maximum absolute atomic E-state index is 13.5. The molecule has 0 spiro atoms. The van der Waals surface area contributed by atoms with Gasteiger partial charge in [-0.15, -0.1) is 0 Å². The Bertz CT molecular complexity index is 968. The van der Waals surface area contributed by atoms with Crippen LogP contribution in [0.25, 0.3) is 11.3 Å². The van der Waals surface area contributed by atoms with Crippen molar-refractivity contribution in [3.8, 4) is 11.3 Å². The van der Waals surface area contributed by atoms with Gasteiger partial charge in [0.1, 0.15) is 11.5 Å². The summed E-state index contributed by atoms with van der Waals surface area (Å²) >= 11 is 0. The van der Waals surface area contributed by atoms with Crippen LogP contribution in [0.15, 0.2) is 48.5 Å². The van der Waals surface area contributed by atoms with Crippen LogP contribution in [0.1, 0.15) is 55.7 Å². The minimum absolute atomic E-state index is 0.0614. The minimum atomic E-state index is -0.438. The molecule has 0 aliphatic rings. The van der Waals surface area contributed by atoms with Gasteiger partial charge in [0.2, 0.25) is 0 Å². The molecule has 0 aliphatic carbocycles. The molecule has 5 heteroatoms. The quantitative estimate of drug-likeness (QED) is 0.596. The summed E-state index contributed by atoms with van der Waals surface area (Å²) in [5.74, 6) is -0.794. The van der Waals surface area contributed by atoms with Gasteiger partial charge in [-0.25, -0.2) is 4.39 Å². The molecule has 1 heterocycles. The number of nitrogens with zero attached hydrogens (tertiary/aromatic N) is 1. The van der Waals surface area contributed by atoms with Gasteiger partial charge in [0.15, 0.2) is 0 Å². The molecule has 3 aromatic rings. The molecule has 0 radical (unpaired) electrons. The van der Waals surface area contributed by atoms with Crippen LogP contribution in [0, 0.1) is 5.82 Å². The first kappa shape index (κ1) is 19.8. The van der Waals surface area contributed by atoms with Crippen molar-refractivity contribution >= 4 is 11.6 Å². The highest BCUT2D eigenvalue weighted by Crippen LogP contribution is 2.32. The second-order valence-corrected chi connectivity index (χ2v) is 7.97. The van der Waals surface area contributed by atoms with E-state index in [4.69, 9.17) is 0 Å². The summed E-state index contributed by atoms with van der Waals surface area (Å²) in [7, 11) is 0. The molecule has 0 unspecified atom stereocenters. The van der Waals surface area contributed by atoms with Crippen LogP contribution in [0.2, 0.25) is 0 Å². The lowest BCUT2D eigenvalue weighted by Crippen LogP contribution is -2.13. The van der Waals surface area contributed by atoms with Gasteiger partial charge in [0.25, 0.3) is 5.91 Å². The largest absolute Gasteiger partial charge is 0.319 e. The first-order valence-corrected chi connectivity index (χ1v) is 9.54. The second kappa shape index (κ2) is 7.97. The van der Waals surface area contributed by atoms with Crippen molar-refractivity contribution in [2.24, 2.45) is 0 Å². The average Bonchev–Trinajstić information content (AvgIpc) is 3.04. The predicted molar refractivity (Wildman–Crippen MR) is 111 cm³/mol. The third kappa shape index (κ3) is 4.30. The lowest BCUT2D eigenvalue weighted by atomic mass is 9.86. The van der Waals surface area contributed by atoms with E-state index in [0.717, 1.165) is 24.1 Å². The van der Waals surface area contributed by atoms with Gasteiger partial charge in [-0.05, 0) is 35.6 Å². The van der Waals surface area contributed by atoms with Gasteiger partial charge < -0.3 is 5.32 Å². The van der Waals surface area contributed by atoms with Crippen molar-refractivity contribution in [2.45, 2.75) is 46.0 Å². The van der Waals surface area contributed by atoms with E-state index in [1.807, 2.05) is 12.1 Å².